The largest absolute Gasteiger partial charge is 0.333 e. The Morgan fingerprint density at radius 2 is 2.35 bits per heavy atom. The van der Waals surface area contributed by atoms with E-state index >= 15 is 0 Å². The van der Waals surface area contributed by atoms with Gasteiger partial charge in [0.15, 0.2) is 0 Å². The highest BCUT2D eigenvalue weighted by atomic mass is 35.5. The zero-order valence-electron chi connectivity index (χ0n) is 10.1. The van der Waals surface area contributed by atoms with Gasteiger partial charge in [0.25, 0.3) is 5.91 Å². The number of rotatable bonds is 2. The van der Waals surface area contributed by atoms with Crippen molar-refractivity contribution in [2.75, 3.05) is 12.4 Å². The monoisotopic (exact) mass is 255 g/mol. The minimum Gasteiger partial charge on any atom is -0.333 e. The van der Waals surface area contributed by atoms with Crippen LogP contribution >= 0.6 is 11.6 Å². The van der Waals surface area contributed by atoms with Crippen molar-refractivity contribution in [3.8, 4) is 0 Å². The van der Waals surface area contributed by atoms with E-state index in [4.69, 9.17) is 11.6 Å². The van der Waals surface area contributed by atoms with Crippen LogP contribution in [0.25, 0.3) is 0 Å². The third kappa shape index (κ3) is 2.63. The lowest BCUT2D eigenvalue weighted by atomic mass is 10.1. The Labute approximate surface area is 107 Å². The number of halogens is 1. The molecule has 0 N–H and O–H groups in total. The van der Waals surface area contributed by atoms with Crippen LogP contribution < -0.4 is 0 Å². The zero-order chi connectivity index (χ0) is 12.3. The molecule has 1 saturated heterocycles. The van der Waals surface area contributed by atoms with E-state index in [2.05, 4.69) is 5.10 Å². The van der Waals surface area contributed by atoms with Gasteiger partial charge in [0, 0.05) is 31.7 Å². The van der Waals surface area contributed by atoms with E-state index < -0.39 is 0 Å². The predicted molar refractivity (Wildman–Crippen MR) is 67.2 cm³/mol. The Kier molecular flexibility index (Phi) is 4.05. The molecule has 0 aromatic carbocycles. The molecule has 0 radical (unpaired) electrons. The maximum absolute atomic E-state index is 12.4. The van der Waals surface area contributed by atoms with E-state index in [9.17, 15) is 4.79 Å². The van der Waals surface area contributed by atoms with E-state index in [1.807, 2.05) is 4.90 Å². The highest BCUT2D eigenvalue weighted by Crippen LogP contribution is 2.20. The molecule has 1 aromatic rings. The molecule has 0 spiro atoms. The molecule has 1 fully saturated rings. The second-order valence-electron chi connectivity index (χ2n) is 4.50. The number of amides is 1. The van der Waals surface area contributed by atoms with Gasteiger partial charge in [-0.1, -0.05) is 12.8 Å². The number of carbonyl (C=O) groups is 1. The van der Waals surface area contributed by atoms with Crippen LogP contribution in [0.1, 0.15) is 36.2 Å². The summed E-state index contributed by atoms with van der Waals surface area (Å²) in [6, 6.07) is 1.93. The van der Waals surface area contributed by atoms with Gasteiger partial charge >= 0.3 is 0 Å². The summed E-state index contributed by atoms with van der Waals surface area (Å²) in [5, 5.41) is 4.04. The highest BCUT2D eigenvalue weighted by Gasteiger charge is 2.26. The quantitative estimate of drug-likeness (QED) is 0.759. The van der Waals surface area contributed by atoms with Crippen molar-refractivity contribution in [2.24, 2.45) is 7.05 Å². The maximum atomic E-state index is 12.4. The Bertz CT molecular complexity index is 391. The summed E-state index contributed by atoms with van der Waals surface area (Å²) >= 11 is 5.98. The third-order valence-electron chi connectivity index (χ3n) is 3.36. The number of nitrogens with zero attached hydrogens (tertiary/aromatic N) is 3. The summed E-state index contributed by atoms with van der Waals surface area (Å²) in [4.78, 5) is 14.3. The first-order valence-corrected chi connectivity index (χ1v) is 6.62. The molecule has 5 heteroatoms. The summed E-state index contributed by atoms with van der Waals surface area (Å²) in [6.45, 7) is 0.807. The summed E-state index contributed by atoms with van der Waals surface area (Å²) in [5.41, 5.74) is 0.641. The van der Waals surface area contributed by atoms with E-state index in [-0.39, 0.29) is 11.9 Å². The van der Waals surface area contributed by atoms with Gasteiger partial charge in [0.2, 0.25) is 0 Å². The van der Waals surface area contributed by atoms with E-state index in [1.54, 1.807) is 24.0 Å². The molecular weight excluding hydrogens is 238 g/mol. The number of aryl methyl sites for hydroxylation is 1. The first-order valence-electron chi connectivity index (χ1n) is 6.09. The van der Waals surface area contributed by atoms with Crippen LogP contribution in [0.5, 0.6) is 0 Å². The van der Waals surface area contributed by atoms with Crippen LogP contribution in [-0.4, -0.2) is 39.1 Å². The van der Waals surface area contributed by atoms with Gasteiger partial charge in [-0.3, -0.25) is 9.48 Å². The average Bonchev–Trinajstić information content (AvgIpc) is 2.64. The van der Waals surface area contributed by atoms with Crippen molar-refractivity contribution in [2.45, 2.75) is 31.7 Å². The SMILES string of the molecule is Cn1nccc1C(=O)N1CCCCCC1CCl. The van der Waals surface area contributed by atoms with Crippen molar-refractivity contribution in [1.82, 2.24) is 14.7 Å². The number of aromatic nitrogens is 2. The molecule has 17 heavy (non-hydrogen) atoms. The molecule has 1 aromatic heterocycles. The number of hydrogen-bond acceptors (Lipinski definition) is 2. The predicted octanol–water partition coefficient (Wildman–Crippen LogP) is 2.04. The van der Waals surface area contributed by atoms with Crippen LogP contribution in [0.2, 0.25) is 0 Å². The standard InChI is InChI=1S/C12H18ClN3O/c1-15-11(6-7-14-15)12(17)16-8-4-2-3-5-10(16)9-13/h6-7,10H,2-5,8-9H2,1H3. The summed E-state index contributed by atoms with van der Waals surface area (Å²) in [7, 11) is 1.79. The Balaban J connectivity index is 2.18. The average molecular weight is 256 g/mol. The Morgan fingerprint density at radius 3 is 3.00 bits per heavy atom. The van der Waals surface area contributed by atoms with Crippen LogP contribution in [-0.2, 0) is 7.05 Å². The minimum absolute atomic E-state index is 0.0533. The van der Waals surface area contributed by atoms with Crippen LogP contribution in [0.4, 0.5) is 0 Å². The lowest BCUT2D eigenvalue weighted by Gasteiger charge is -2.28. The van der Waals surface area contributed by atoms with Crippen molar-refractivity contribution < 1.29 is 4.79 Å². The lowest BCUT2D eigenvalue weighted by molar-refractivity contribution is 0.0689. The first-order chi connectivity index (χ1) is 8.24. The molecule has 1 amide bonds. The van der Waals surface area contributed by atoms with Crippen LogP contribution in [0, 0.1) is 0 Å². The molecule has 0 saturated carbocycles. The molecule has 2 rings (SSSR count). The molecule has 0 aliphatic carbocycles. The summed E-state index contributed by atoms with van der Waals surface area (Å²) < 4.78 is 1.62. The Hall–Kier alpha value is -1.03. The second kappa shape index (κ2) is 5.54. The Morgan fingerprint density at radius 1 is 1.53 bits per heavy atom. The molecule has 94 valence electrons. The van der Waals surface area contributed by atoms with Gasteiger partial charge in [0.1, 0.15) is 5.69 Å². The minimum atomic E-state index is 0.0533. The molecule has 1 aliphatic heterocycles. The van der Waals surface area contributed by atoms with Gasteiger partial charge in [0.05, 0.1) is 0 Å². The summed E-state index contributed by atoms with van der Waals surface area (Å²) in [5.74, 6) is 0.571. The highest BCUT2D eigenvalue weighted by molar-refractivity contribution is 6.18. The van der Waals surface area contributed by atoms with Crippen molar-refractivity contribution in [1.29, 1.82) is 0 Å². The number of carbonyl (C=O) groups excluding carboxylic acids is 1. The number of likely N-dealkylation sites (tertiary alicyclic amines) is 1. The molecule has 1 unspecified atom stereocenters. The van der Waals surface area contributed by atoms with Crippen molar-refractivity contribution in [3.63, 3.8) is 0 Å². The van der Waals surface area contributed by atoms with Crippen molar-refractivity contribution >= 4 is 17.5 Å². The van der Waals surface area contributed by atoms with E-state index in [0.717, 1.165) is 25.8 Å². The second-order valence-corrected chi connectivity index (χ2v) is 4.80. The van der Waals surface area contributed by atoms with Gasteiger partial charge in [-0.25, -0.2) is 0 Å². The maximum Gasteiger partial charge on any atom is 0.272 e. The number of alkyl halides is 1. The normalized spacial score (nSPS) is 21.3. The molecule has 0 bridgehead atoms. The lowest BCUT2D eigenvalue weighted by Crippen LogP contribution is -2.41. The van der Waals surface area contributed by atoms with Crippen molar-refractivity contribution in [3.05, 3.63) is 18.0 Å². The first kappa shape index (κ1) is 12.4. The topological polar surface area (TPSA) is 38.1 Å². The molecule has 4 nitrogen and oxygen atoms in total. The van der Waals surface area contributed by atoms with Gasteiger partial charge < -0.3 is 4.90 Å². The van der Waals surface area contributed by atoms with Crippen LogP contribution in [0.3, 0.4) is 0 Å². The molecule has 2 heterocycles. The molecule has 1 atom stereocenters. The molecular formula is C12H18ClN3O. The van der Waals surface area contributed by atoms with E-state index in [1.165, 1.54) is 6.42 Å². The van der Waals surface area contributed by atoms with Gasteiger partial charge in [-0.05, 0) is 18.9 Å². The fourth-order valence-electron chi connectivity index (χ4n) is 2.34. The fraction of sp³-hybridized carbons (Fsp3) is 0.667. The van der Waals surface area contributed by atoms with Crippen LogP contribution in [0.15, 0.2) is 12.3 Å². The van der Waals surface area contributed by atoms with Gasteiger partial charge in [-0.2, -0.15) is 5.10 Å². The third-order valence-corrected chi connectivity index (χ3v) is 3.71. The summed E-state index contributed by atoms with van der Waals surface area (Å²) in [6.07, 6.45) is 6.07. The number of hydrogen-bond donors (Lipinski definition) is 0. The fourth-order valence-corrected chi connectivity index (χ4v) is 2.66. The zero-order valence-corrected chi connectivity index (χ0v) is 10.9. The smallest absolute Gasteiger partial charge is 0.272 e. The van der Waals surface area contributed by atoms with Gasteiger partial charge in [-0.15, -0.1) is 11.6 Å². The van der Waals surface area contributed by atoms with E-state index in [0.29, 0.717) is 11.6 Å². The molecule has 1 aliphatic rings.